The Labute approximate surface area is 95.5 Å². The lowest BCUT2D eigenvalue weighted by atomic mass is 10.2. The number of carbonyl (C=O) groups excluding carboxylic acids is 1. The van der Waals surface area contributed by atoms with Gasteiger partial charge in [-0.25, -0.2) is 0 Å². The smallest absolute Gasteiger partial charge is 0.255 e. The molecule has 0 heterocycles. The zero-order valence-electron chi connectivity index (χ0n) is 9.28. The minimum Gasteiger partial charge on any atom is -0.507 e. The van der Waals surface area contributed by atoms with Gasteiger partial charge in [-0.15, -0.1) is 0 Å². The normalized spacial score (nSPS) is 14.8. The third-order valence-electron chi connectivity index (χ3n) is 2.92. The fraction of sp³-hybridized carbons (Fsp3) is 0.462. The molecule has 2 rings (SSSR count). The maximum absolute atomic E-state index is 11.7. The molecule has 0 radical (unpaired) electrons. The largest absolute Gasteiger partial charge is 0.507 e. The van der Waals surface area contributed by atoms with Crippen LogP contribution < -0.4 is 5.32 Å². The molecular weight excluding hydrogens is 202 g/mol. The average molecular weight is 219 g/mol. The number of para-hydroxylation sites is 1. The number of nitrogens with one attached hydrogen (secondary N) is 1. The number of hydrogen-bond donors (Lipinski definition) is 2. The average Bonchev–Trinajstić information content (AvgIpc) is 3.08. The van der Waals surface area contributed by atoms with Crippen molar-refractivity contribution in [2.24, 2.45) is 5.92 Å². The van der Waals surface area contributed by atoms with Gasteiger partial charge in [0.1, 0.15) is 5.75 Å². The number of benzene rings is 1. The van der Waals surface area contributed by atoms with E-state index in [1.807, 2.05) is 0 Å². The number of rotatable bonds is 5. The number of phenolic OH excluding ortho intramolecular Hbond substituents is 1. The number of aromatic hydroxyl groups is 1. The molecule has 1 saturated carbocycles. The fourth-order valence-corrected chi connectivity index (χ4v) is 1.76. The van der Waals surface area contributed by atoms with E-state index in [-0.39, 0.29) is 11.7 Å². The molecule has 1 aromatic rings. The van der Waals surface area contributed by atoms with E-state index in [4.69, 9.17) is 0 Å². The molecule has 0 saturated heterocycles. The minimum absolute atomic E-state index is 0.0437. The molecular formula is C13H17NO2. The summed E-state index contributed by atoms with van der Waals surface area (Å²) in [5.74, 6) is 0.762. The van der Waals surface area contributed by atoms with Crippen molar-refractivity contribution in [3.05, 3.63) is 29.8 Å². The first-order valence-corrected chi connectivity index (χ1v) is 5.83. The van der Waals surface area contributed by atoms with Crippen molar-refractivity contribution in [2.75, 3.05) is 6.54 Å². The molecule has 0 bridgehead atoms. The summed E-state index contributed by atoms with van der Waals surface area (Å²) in [7, 11) is 0. The molecule has 0 aromatic heterocycles. The summed E-state index contributed by atoms with van der Waals surface area (Å²) in [6.45, 7) is 0.698. The second-order valence-corrected chi connectivity index (χ2v) is 4.36. The topological polar surface area (TPSA) is 49.3 Å². The molecule has 1 fully saturated rings. The summed E-state index contributed by atoms with van der Waals surface area (Å²) in [6.07, 6.45) is 4.95. The molecule has 1 amide bonds. The van der Waals surface area contributed by atoms with Gasteiger partial charge >= 0.3 is 0 Å². The first-order chi connectivity index (χ1) is 7.77. The molecule has 1 aliphatic carbocycles. The van der Waals surface area contributed by atoms with Crippen LogP contribution in [0.3, 0.4) is 0 Å². The van der Waals surface area contributed by atoms with Crippen LogP contribution in [0.4, 0.5) is 0 Å². The van der Waals surface area contributed by atoms with E-state index in [2.05, 4.69) is 5.32 Å². The van der Waals surface area contributed by atoms with E-state index in [0.29, 0.717) is 12.1 Å². The standard InChI is InChI=1S/C13H17NO2/c15-12-6-2-1-5-11(12)13(16)14-9-3-4-10-7-8-10/h1-2,5-6,10,15H,3-4,7-9H2,(H,14,16). The van der Waals surface area contributed by atoms with Gasteiger partial charge < -0.3 is 10.4 Å². The Bertz CT molecular complexity index is 372. The minimum atomic E-state index is -0.186. The van der Waals surface area contributed by atoms with Crippen LogP contribution in [0.2, 0.25) is 0 Å². The van der Waals surface area contributed by atoms with Crippen molar-refractivity contribution in [2.45, 2.75) is 25.7 Å². The van der Waals surface area contributed by atoms with Crippen LogP contribution in [0.5, 0.6) is 5.75 Å². The van der Waals surface area contributed by atoms with E-state index < -0.39 is 0 Å². The third-order valence-corrected chi connectivity index (χ3v) is 2.92. The molecule has 1 aliphatic rings. The SMILES string of the molecule is O=C(NCCCC1CC1)c1ccccc1O. The monoisotopic (exact) mass is 219 g/mol. The van der Waals surface area contributed by atoms with Crippen molar-refractivity contribution in [1.82, 2.24) is 5.32 Å². The van der Waals surface area contributed by atoms with Gasteiger partial charge in [0.2, 0.25) is 0 Å². The Kier molecular flexibility index (Phi) is 3.44. The van der Waals surface area contributed by atoms with Gasteiger partial charge in [0, 0.05) is 6.54 Å². The van der Waals surface area contributed by atoms with E-state index in [1.54, 1.807) is 18.2 Å². The van der Waals surface area contributed by atoms with Gasteiger partial charge in [0.25, 0.3) is 5.91 Å². The first-order valence-electron chi connectivity index (χ1n) is 5.83. The Balaban J connectivity index is 1.76. The number of carbonyl (C=O) groups is 1. The molecule has 0 aliphatic heterocycles. The molecule has 0 atom stereocenters. The second kappa shape index (κ2) is 5.01. The first kappa shape index (κ1) is 11.0. The maximum atomic E-state index is 11.7. The molecule has 16 heavy (non-hydrogen) atoms. The van der Waals surface area contributed by atoms with Crippen LogP contribution >= 0.6 is 0 Å². The predicted molar refractivity (Wildman–Crippen MR) is 62.4 cm³/mol. The van der Waals surface area contributed by atoms with Gasteiger partial charge in [-0.1, -0.05) is 25.0 Å². The van der Waals surface area contributed by atoms with Crippen molar-refractivity contribution < 1.29 is 9.90 Å². The molecule has 86 valence electrons. The van der Waals surface area contributed by atoms with E-state index >= 15 is 0 Å². The van der Waals surface area contributed by atoms with Gasteiger partial charge in [0.05, 0.1) is 5.56 Å². The zero-order chi connectivity index (χ0) is 11.4. The molecule has 3 nitrogen and oxygen atoms in total. The summed E-state index contributed by atoms with van der Waals surface area (Å²) >= 11 is 0. The van der Waals surface area contributed by atoms with E-state index in [9.17, 15) is 9.90 Å². The summed E-state index contributed by atoms with van der Waals surface area (Å²) in [6, 6.07) is 6.61. The van der Waals surface area contributed by atoms with E-state index in [1.165, 1.54) is 25.3 Å². The Morgan fingerprint density at radius 2 is 2.12 bits per heavy atom. The number of amides is 1. The van der Waals surface area contributed by atoms with Crippen LogP contribution in [0.15, 0.2) is 24.3 Å². The zero-order valence-corrected chi connectivity index (χ0v) is 9.28. The Morgan fingerprint density at radius 3 is 2.81 bits per heavy atom. The van der Waals surface area contributed by atoms with Crippen LogP contribution in [0, 0.1) is 5.92 Å². The van der Waals surface area contributed by atoms with Crippen molar-refractivity contribution in [3.63, 3.8) is 0 Å². The third kappa shape index (κ3) is 2.99. The lowest BCUT2D eigenvalue weighted by Gasteiger charge is -2.06. The highest BCUT2D eigenvalue weighted by Crippen LogP contribution is 2.33. The summed E-state index contributed by atoms with van der Waals surface area (Å²) < 4.78 is 0. The number of hydrogen-bond acceptors (Lipinski definition) is 2. The van der Waals surface area contributed by atoms with Gasteiger partial charge in [0.15, 0.2) is 0 Å². The Hall–Kier alpha value is -1.51. The fourth-order valence-electron chi connectivity index (χ4n) is 1.76. The van der Waals surface area contributed by atoms with Crippen molar-refractivity contribution in [3.8, 4) is 5.75 Å². The molecule has 2 N–H and O–H groups in total. The number of phenols is 1. The van der Waals surface area contributed by atoms with Gasteiger partial charge in [-0.05, 0) is 30.9 Å². The lowest BCUT2D eigenvalue weighted by molar-refractivity contribution is 0.0950. The van der Waals surface area contributed by atoms with Crippen LogP contribution in [0.25, 0.3) is 0 Å². The van der Waals surface area contributed by atoms with Gasteiger partial charge in [-0.2, -0.15) is 0 Å². The molecule has 0 spiro atoms. The summed E-state index contributed by atoms with van der Waals surface area (Å²) in [4.78, 5) is 11.7. The maximum Gasteiger partial charge on any atom is 0.255 e. The summed E-state index contributed by atoms with van der Waals surface area (Å²) in [5.41, 5.74) is 0.355. The van der Waals surface area contributed by atoms with Crippen molar-refractivity contribution in [1.29, 1.82) is 0 Å². The second-order valence-electron chi connectivity index (χ2n) is 4.36. The highest BCUT2D eigenvalue weighted by atomic mass is 16.3. The van der Waals surface area contributed by atoms with Gasteiger partial charge in [-0.3, -0.25) is 4.79 Å². The predicted octanol–water partition coefficient (Wildman–Crippen LogP) is 2.31. The van der Waals surface area contributed by atoms with Crippen LogP contribution in [0.1, 0.15) is 36.0 Å². The highest BCUT2D eigenvalue weighted by Gasteiger charge is 2.20. The quantitative estimate of drug-likeness (QED) is 0.747. The van der Waals surface area contributed by atoms with Crippen molar-refractivity contribution >= 4 is 5.91 Å². The summed E-state index contributed by atoms with van der Waals surface area (Å²) in [5, 5.41) is 12.3. The van der Waals surface area contributed by atoms with Crippen LogP contribution in [-0.2, 0) is 0 Å². The molecule has 1 aromatic carbocycles. The highest BCUT2D eigenvalue weighted by molar-refractivity contribution is 5.96. The van der Waals surface area contributed by atoms with E-state index in [0.717, 1.165) is 12.3 Å². The van der Waals surface area contributed by atoms with Crippen LogP contribution in [-0.4, -0.2) is 17.6 Å². The lowest BCUT2D eigenvalue weighted by Crippen LogP contribution is -2.24. The molecule has 3 heteroatoms. The molecule has 0 unspecified atom stereocenters. The Morgan fingerprint density at radius 1 is 1.38 bits per heavy atom.